The van der Waals surface area contributed by atoms with Crippen molar-refractivity contribution in [3.05, 3.63) is 122 Å². The van der Waals surface area contributed by atoms with E-state index in [1.807, 2.05) is 30.4 Å². The van der Waals surface area contributed by atoms with E-state index in [4.69, 9.17) is 28.9 Å². The number of esters is 1. The Kier molecular flexibility index (Phi) is 26.0. The van der Waals surface area contributed by atoms with Crippen molar-refractivity contribution < 1.29 is 87.5 Å². The van der Waals surface area contributed by atoms with Gasteiger partial charge in [0.15, 0.2) is 6.10 Å². The Morgan fingerprint density at radius 2 is 1.54 bits per heavy atom. The van der Waals surface area contributed by atoms with E-state index >= 15 is 0 Å². The number of methoxy groups -OCH3 is 2. The molecule has 3 aromatic carbocycles. The molecular weight excluding hydrogens is 1110 g/mol. The number of sulfonamides is 1. The number of carboxylic acid groups (broad SMARTS) is 1. The molecule has 32 heteroatoms. The first-order valence-corrected chi connectivity index (χ1v) is 28.0. The number of carbonyl (C=O) groups is 3. The molecule has 430 valence electrons. The number of carboxylic acids is 1. The molecule has 23 nitrogen and oxygen atoms in total. The highest BCUT2D eigenvalue weighted by Crippen LogP contribution is 2.29. The van der Waals surface area contributed by atoms with Gasteiger partial charge in [0.2, 0.25) is 5.95 Å². The number of carbonyl (C=O) groups excluding carboxylic acids is 2. The minimum Gasteiger partial charge on any atom is -0.778 e. The number of aryl methyl sites for hydroxylation is 3. The third-order valence-electron chi connectivity index (χ3n) is 9.37. The van der Waals surface area contributed by atoms with Gasteiger partial charge in [0.25, 0.3) is 15.6 Å². The Bertz CT molecular complexity index is 3100. The van der Waals surface area contributed by atoms with Crippen molar-refractivity contribution in [3.8, 4) is 23.2 Å². The van der Waals surface area contributed by atoms with Gasteiger partial charge in [-0.15, -0.1) is 0 Å². The zero-order valence-corrected chi connectivity index (χ0v) is 45.7. The molecule has 2 atom stereocenters. The molecule has 0 bridgehead atoms. The lowest BCUT2D eigenvalue weighted by Crippen LogP contribution is -2.40. The minimum absolute atomic E-state index is 0.0715. The summed E-state index contributed by atoms with van der Waals surface area (Å²) < 4.78 is 135. The molecule has 0 radical (unpaired) electrons. The summed E-state index contributed by atoms with van der Waals surface area (Å²) in [6.07, 6.45) is -5.23. The summed E-state index contributed by atoms with van der Waals surface area (Å²) in [4.78, 5) is 87.2. The lowest BCUT2D eigenvalue weighted by molar-refractivity contribution is -0.193. The molecule has 78 heavy (non-hydrogen) atoms. The first kappa shape index (κ1) is 67.1. The van der Waals surface area contributed by atoms with Crippen LogP contribution in [0, 0.1) is 6.92 Å². The number of alkyl halides is 6. The topological polar surface area (TPSA) is 322 Å². The van der Waals surface area contributed by atoms with Crippen LogP contribution in [-0.4, -0.2) is 119 Å². The van der Waals surface area contributed by atoms with Crippen LogP contribution in [-0.2, 0) is 72.5 Å². The van der Waals surface area contributed by atoms with E-state index in [9.17, 15) is 68.2 Å². The van der Waals surface area contributed by atoms with Crippen LogP contribution >= 0.6 is 7.60 Å². The smallest absolute Gasteiger partial charge is 0.431 e. The van der Waals surface area contributed by atoms with Gasteiger partial charge >= 0.3 is 42.0 Å². The maximum Gasteiger partial charge on any atom is 0.431 e. The molecule has 5 aromatic rings. The molecule has 2 heterocycles. The number of ether oxygens (including phenoxy) is 4. The number of aliphatic carboxylic acids is 1. The number of hydrogen-bond donors (Lipinski definition) is 5. The molecule has 5 rings (SSSR count). The van der Waals surface area contributed by atoms with Crippen molar-refractivity contribution >= 4 is 52.4 Å². The summed E-state index contributed by atoms with van der Waals surface area (Å²) in [5.41, 5.74) is -1.87. The van der Waals surface area contributed by atoms with E-state index in [2.05, 4.69) is 39.0 Å². The third kappa shape index (κ3) is 23.7. The van der Waals surface area contributed by atoms with Gasteiger partial charge in [-0.3, -0.25) is 24.8 Å². The van der Waals surface area contributed by atoms with Crippen molar-refractivity contribution in [3.63, 3.8) is 0 Å². The summed E-state index contributed by atoms with van der Waals surface area (Å²) in [6.45, 7) is 4.65. The highest BCUT2D eigenvalue weighted by molar-refractivity contribution is 7.94. The van der Waals surface area contributed by atoms with Crippen molar-refractivity contribution in [1.29, 1.82) is 0 Å². The van der Waals surface area contributed by atoms with E-state index in [0.717, 1.165) is 25.1 Å². The Morgan fingerprint density at radius 3 is 2.08 bits per heavy atom. The third-order valence-corrected chi connectivity index (χ3v) is 11.4. The largest absolute Gasteiger partial charge is 0.778 e. The SMILES string of the molecule is CCc1ccc(COc2ccc(-n3c(=O)cc(C(F)(F)F)n(C)c3=O)cc2)c(OC(C)C(=O)OC)c1.COc1nc(C)nc(NC(=O)NS(=O)(=O)c2ccccc2CCC(F)(F)F)n1.C[S+](C)C.O=C(O)CNCP(=O)([O-])O. The summed E-state index contributed by atoms with van der Waals surface area (Å²) in [5.74, 6) is -0.909. The zero-order chi connectivity index (χ0) is 59.3. The molecule has 2 amide bonds. The molecule has 0 aliphatic rings. The van der Waals surface area contributed by atoms with Crippen LogP contribution < -0.4 is 45.7 Å². The van der Waals surface area contributed by atoms with Gasteiger partial charge < -0.3 is 38.4 Å². The number of amides is 2. The molecule has 0 aliphatic heterocycles. The number of aromatic nitrogens is 5. The van der Waals surface area contributed by atoms with Gasteiger partial charge in [-0.2, -0.15) is 41.3 Å². The fourth-order valence-corrected chi connectivity index (χ4v) is 7.47. The molecule has 2 aromatic heterocycles. The second-order valence-corrected chi connectivity index (χ2v) is 21.9. The number of urea groups is 1. The second-order valence-electron chi connectivity index (χ2n) is 16.2. The fourth-order valence-electron chi connectivity index (χ4n) is 5.90. The molecule has 0 fully saturated rings. The number of halogens is 6. The van der Waals surface area contributed by atoms with Crippen molar-refractivity contribution in [2.24, 2.45) is 7.05 Å². The maximum atomic E-state index is 13.1. The molecule has 0 aliphatic carbocycles. The van der Waals surface area contributed by atoms with Crippen LogP contribution in [0.2, 0.25) is 0 Å². The van der Waals surface area contributed by atoms with Gasteiger partial charge in [-0.25, -0.2) is 32.1 Å². The number of benzene rings is 3. The monoisotopic (exact) mass is 1170 g/mol. The summed E-state index contributed by atoms with van der Waals surface area (Å²) in [6, 6.07) is 15.5. The van der Waals surface area contributed by atoms with Crippen LogP contribution in [0.3, 0.4) is 0 Å². The highest BCUT2D eigenvalue weighted by Gasteiger charge is 2.35. The Hall–Kier alpha value is -7.05. The van der Waals surface area contributed by atoms with Crippen molar-refractivity contribution in [2.45, 2.75) is 70.0 Å². The first-order chi connectivity index (χ1) is 36.1. The van der Waals surface area contributed by atoms with E-state index in [1.54, 1.807) is 11.6 Å². The Morgan fingerprint density at radius 1 is 0.923 bits per heavy atom. The molecular formula is C46H57F6N8O15PS2. The molecule has 0 saturated heterocycles. The molecule has 5 N–H and O–H groups in total. The van der Waals surface area contributed by atoms with Gasteiger partial charge in [0.1, 0.15) is 37.2 Å². The predicted molar refractivity (Wildman–Crippen MR) is 271 cm³/mol. The average molecular weight is 1170 g/mol. The quantitative estimate of drug-likeness (QED) is 0.0349. The van der Waals surface area contributed by atoms with Crippen molar-refractivity contribution in [2.75, 3.05) is 51.1 Å². The minimum atomic E-state index is -4.84. The number of rotatable bonds is 18. The zero-order valence-electron chi connectivity index (χ0n) is 43.2. The second kappa shape index (κ2) is 30.2. The number of nitrogens with one attached hydrogen (secondary N) is 3. The van der Waals surface area contributed by atoms with Gasteiger partial charge in [0.05, 0.1) is 56.4 Å². The van der Waals surface area contributed by atoms with Crippen LogP contribution in [0.5, 0.6) is 17.5 Å². The highest BCUT2D eigenvalue weighted by atomic mass is 32.2. The molecule has 0 spiro atoms. The maximum absolute atomic E-state index is 13.1. The lowest BCUT2D eigenvalue weighted by Gasteiger charge is -2.17. The summed E-state index contributed by atoms with van der Waals surface area (Å²) in [5, 5.41) is 12.1. The van der Waals surface area contributed by atoms with E-state index in [1.165, 1.54) is 63.6 Å². The van der Waals surface area contributed by atoms with Gasteiger partial charge in [-0.05, 0) is 85.1 Å². The molecule has 0 saturated carbocycles. The van der Waals surface area contributed by atoms with E-state index in [-0.39, 0.29) is 35.6 Å². The number of hydrogen-bond acceptors (Lipinski definition) is 17. The van der Waals surface area contributed by atoms with Crippen molar-refractivity contribution in [1.82, 2.24) is 34.1 Å². The van der Waals surface area contributed by atoms with Crippen LogP contribution in [0.1, 0.15) is 48.5 Å². The lowest BCUT2D eigenvalue weighted by atomic mass is 10.1. The van der Waals surface area contributed by atoms with Gasteiger partial charge in [0, 0.05) is 25.1 Å². The number of anilines is 1. The van der Waals surface area contributed by atoms with Crippen LogP contribution in [0.25, 0.3) is 5.69 Å². The predicted octanol–water partition coefficient (Wildman–Crippen LogP) is 4.49. The van der Waals surface area contributed by atoms with Crippen LogP contribution in [0.4, 0.5) is 37.1 Å². The Balaban J connectivity index is 0.000000437. The summed E-state index contributed by atoms with van der Waals surface area (Å²) >= 11 is 0. The average Bonchev–Trinajstić information content (AvgIpc) is 3.33. The van der Waals surface area contributed by atoms with Crippen LogP contribution in [0.15, 0.2) is 87.3 Å². The molecule has 2 unspecified atom stereocenters. The van der Waals surface area contributed by atoms with Gasteiger partial charge in [-0.1, -0.05) is 37.3 Å². The Labute approximate surface area is 445 Å². The standard InChI is InChI=1S/C25H25F3N2O6.C15H16F3N5O4S.C3H8NO5P.C3H9S/c1-5-16-6-7-17(20(12-16)36-15(2)23(32)34-4)14-35-19-10-8-18(9-11-19)30-22(31)13-21(25(26,27)28)29(3)24(30)33;1-9-19-12(22-14(20-9)27-2)21-13(24)23-28(25,26)11-6-4-3-5-10(11)7-8-15(16,17)18;5-3(6)1-4-2-10(7,8)9;1-4(2)3/h6-13,15H,5,14H2,1-4H3;3-6H,7-8H2,1-2H3,(H2,19,20,21,22,23,24);4H,1-2H2,(H,5,6)(H2,7,8,9);1-3H3/q;;;+1/p-1. The summed E-state index contributed by atoms with van der Waals surface area (Å²) in [7, 11) is -4.63. The number of nitrogens with zero attached hydrogens (tertiary/aromatic N) is 5. The normalized spacial score (nSPS) is 12.4. The first-order valence-electron chi connectivity index (χ1n) is 22.3. The van der Waals surface area contributed by atoms with E-state index in [0.29, 0.717) is 43.2 Å². The van der Waals surface area contributed by atoms with E-state index < -0.39 is 102 Å². The fraction of sp³-hybridized carbons (Fsp3) is 0.391.